The molecule has 0 saturated carbocycles. The molecule has 9 atom stereocenters. The van der Waals surface area contributed by atoms with E-state index in [1.165, 1.54) is 11.3 Å². The van der Waals surface area contributed by atoms with Gasteiger partial charge >= 0.3 is 6.09 Å². The maximum atomic E-state index is 14.6. The number of methoxy groups -OCH3 is 2. The van der Waals surface area contributed by atoms with Crippen LogP contribution in [-0.2, 0) is 39.8 Å². The number of nitrogens with zero attached hydrogens (tertiary/aromatic N) is 4. The molecular formula is C48H79N7O8S. The highest BCUT2D eigenvalue weighted by molar-refractivity contribution is 7.09. The third-order valence-electron chi connectivity index (χ3n) is 12.4. The molecule has 64 heavy (non-hydrogen) atoms. The van der Waals surface area contributed by atoms with E-state index in [4.69, 9.17) is 14.2 Å². The Morgan fingerprint density at radius 1 is 0.938 bits per heavy atom. The minimum Gasteiger partial charge on any atom is -0.448 e. The first-order valence-corrected chi connectivity index (χ1v) is 23.8. The Hall–Kier alpha value is -4.12. The second-order valence-corrected chi connectivity index (χ2v) is 20.0. The summed E-state index contributed by atoms with van der Waals surface area (Å²) in [5.41, 5.74) is 0.639. The second kappa shape index (κ2) is 25.5. The molecule has 3 rings (SSSR count). The molecule has 0 aliphatic carbocycles. The average Bonchev–Trinajstić information content (AvgIpc) is 3.95. The molecule has 1 aliphatic heterocycles. The topological polar surface area (TPSA) is 172 Å². The summed E-state index contributed by atoms with van der Waals surface area (Å²) in [5, 5.41) is 11.8. The van der Waals surface area contributed by atoms with Crippen LogP contribution in [0.25, 0.3) is 0 Å². The number of likely N-dealkylation sites (tertiary alicyclic amines) is 1. The van der Waals surface area contributed by atoms with Gasteiger partial charge < -0.3 is 40.0 Å². The lowest BCUT2D eigenvalue weighted by Gasteiger charge is -2.41. The van der Waals surface area contributed by atoms with Crippen LogP contribution in [-0.4, -0.2) is 139 Å². The van der Waals surface area contributed by atoms with E-state index in [0.717, 1.165) is 17.0 Å². The number of carbonyl (C=O) groups excluding carboxylic acids is 5. The summed E-state index contributed by atoms with van der Waals surface area (Å²) in [7, 11) is 6.67. The number of alkyl carbamates (subject to hydrolysis) is 1. The minimum atomic E-state index is -0.860. The van der Waals surface area contributed by atoms with Gasteiger partial charge in [0.2, 0.25) is 23.6 Å². The Morgan fingerprint density at radius 2 is 1.61 bits per heavy atom. The lowest BCUT2D eigenvalue weighted by Crippen LogP contribution is -2.60. The van der Waals surface area contributed by atoms with Gasteiger partial charge in [-0.1, -0.05) is 85.2 Å². The number of likely N-dealkylation sites (N-methyl/N-ethyl adjacent to an activating group) is 2. The molecule has 1 saturated heterocycles. The molecule has 2 aromatic rings. The minimum absolute atomic E-state index is 0.00854. The zero-order chi connectivity index (χ0) is 47.9. The lowest BCUT2D eigenvalue weighted by atomic mass is 9.89. The van der Waals surface area contributed by atoms with Crippen LogP contribution in [0.3, 0.4) is 0 Å². The SMILES string of the molecule is CC[C@H](C)[C@@H]([C@@H](CC(=O)N1CCC[C@H]1[C@H](OC)[C@@H](C)C(=O)N[C@@H](Cc1ccccc1)c1nccs1)OC)N(C)C(=O)[C@@H](NC(=O)[C@H](C(C)C)N(C)CCOC(=O)NC(C)(C)C)C(C)C. The highest BCUT2D eigenvalue weighted by Crippen LogP contribution is 2.31. The van der Waals surface area contributed by atoms with Crippen LogP contribution in [0.2, 0.25) is 0 Å². The van der Waals surface area contributed by atoms with Crippen molar-refractivity contribution in [2.45, 2.75) is 149 Å². The fourth-order valence-electron chi connectivity index (χ4n) is 8.81. The van der Waals surface area contributed by atoms with E-state index in [1.54, 1.807) is 39.4 Å². The molecule has 16 heteroatoms. The summed E-state index contributed by atoms with van der Waals surface area (Å²) in [6.07, 6.45) is 2.71. The van der Waals surface area contributed by atoms with Crippen molar-refractivity contribution in [1.29, 1.82) is 0 Å². The van der Waals surface area contributed by atoms with Gasteiger partial charge in [0.1, 0.15) is 17.7 Å². The number of rotatable bonds is 24. The summed E-state index contributed by atoms with van der Waals surface area (Å²) in [6.45, 7) is 20.1. The lowest BCUT2D eigenvalue weighted by molar-refractivity contribution is -0.148. The molecule has 1 aromatic carbocycles. The number of amides is 5. The predicted molar refractivity (Wildman–Crippen MR) is 252 cm³/mol. The van der Waals surface area contributed by atoms with Crippen molar-refractivity contribution in [1.82, 2.24) is 35.6 Å². The Morgan fingerprint density at radius 3 is 2.16 bits per heavy atom. The van der Waals surface area contributed by atoms with Gasteiger partial charge in [-0.05, 0) is 70.4 Å². The van der Waals surface area contributed by atoms with Gasteiger partial charge in [0.15, 0.2) is 0 Å². The van der Waals surface area contributed by atoms with E-state index in [2.05, 4.69) is 20.9 Å². The molecule has 2 heterocycles. The fraction of sp³-hybridized carbons (Fsp3) is 0.708. The molecule has 1 aliphatic rings. The number of aromatic nitrogens is 1. The van der Waals surface area contributed by atoms with Crippen molar-refractivity contribution in [3.63, 3.8) is 0 Å². The van der Waals surface area contributed by atoms with E-state index in [9.17, 15) is 24.0 Å². The number of benzene rings is 1. The zero-order valence-electron chi connectivity index (χ0n) is 41.0. The van der Waals surface area contributed by atoms with Crippen LogP contribution in [0.1, 0.15) is 112 Å². The van der Waals surface area contributed by atoms with Gasteiger partial charge in [0.05, 0.1) is 48.7 Å². The molecule has 0 radical (unpaired) electrons. The van der Waals surface area contributed by atoms with Crippen molar-refractivity contribution in [3.8, 4) is 0 Å². The van der Waals surface area contributed by atoms with Crippen LogP contribution in [0, 0.1) is 23.7 Å². The highest BCUT2D eigenvalue weighted by atomic mass is 32.1. The normalized spacial score (nSPS) is 18.1. The summed E-state index contributed by atoms with van der Waals surface area (Å²) in [6, 6.07) is 7.36. The Labute approximate surface area is 387 Å². The van der Waals surface area contributed by atoms with E-state index in [-0.39, 0.29) is 66.5 Å². The van der Waals surface area contributed by atoms with Crippen molar-refractivity contribution in [2.24, 2.45) is 23.7 Å². The number of ether oxygens (including phenoxy) is 3. The third-order valence-corrected chi connectivity index (χ3v) is 13.3. The smallest absolute Gasteiger partial charge is 0.407 e. The van der Waals surface area contributed by atoms with Crippen molar-refractivity contribution < 1.29 is 38.2 Å². The number of hydrogen-bond acceptors (Lipinski definition) is 11. The molecule has 0 unspecified atom stereocenters. The monoisotopic (exact) mass is 914 g/mol. The number of hydrogen-bond donors (Lipinski definition) is 3. The predicted octanol–water partition coefficient (Wildman–Crippen LogP) is 6.09. The first kappa shape index (κ1) is 54.2. The summed E-state index contributed by atoms with van der Waals surface area (Å²) < 4.78 is 17.5. The quantitative estimate of drug-likeness (QED) is 0.112. The first-order chi connectivity index (χ1) is 30.1. The second-order valence-electron chi connectivity index (χ2n) is 19.1. The first-order valence-electron chi connectivity index (χ1n) is 23.0. The number of nitrogens with one attached hydrogen (secondary N) is 3. The molecule has 3 N–H and O–H groups in total. The van der Waals surface area contributed by atoms with Gasteiger partial charge in [0.25, 0.3) is 0 Å². The van der Waals surface area contributed by atoms with E-state index < -0.39 is 47.9 Å². The number of carbonyl (C=O) groups is 5. The fourth-order valence-corrected chi connectivity index (χ4v) is 9.50. The molecule has 5 amide bonds. The van der Waals surface area contributed by atoms with Gasteiger partial charge in [-0.15, -0.1) is 11.3 Å². The van der Waals surface area contributed by atoms with E-state index in [0.29, 0.717) is 32.4 Å². The molecule has 0 spiro atoms. The molecular weight excluding hydrogens is 835 g/mol. The summed E-state index contributed by atoms with van der Waals surface area (Å²) in [5.74, 6) is -1.92. The van der Waals surface area contributed by atoms with Gasteiger partial charge in [-0.3, -0.25) is 24.1 Å². The van der Waals surface area contributed by atoms with Crippen LogP contribution in [0.4, 0.5) is 4.79 Å². The summed E-state index contributed by atoms with van der Waals surface area (Å²) in [4.78, 5) is 79.1. The summed E-state index contributed by atoms with van der Waals surface area (Å²) >= 11 is 1.50. The van der Waals surface area contributed by atoms with Crippen LogP contribution in [0.5, 0.6) is 0 Å². The Bertz CT molecular complexity index is 1760. The maximum Gasteiger partial charge on any atom is 0.407 e. The van der Waals surface area contributed by atoms with Crippen LogP contribution >= 0.6 is 11.3 Å². The van der Waals surface area contributed by atoms with E-state index in [1.807, 2.05) is 115 Å². The van der Waals surface area contributed by atoms with Crippen LogP contribution in [0.15, 0.2) is 41.9 Å². The van der Waals surface area contributed by atoms with Crippen molar-refractivity contribution in [3.05, 3.63) is 52.5 Å². The molecule has 360 valence electrons. The van der Waals surface area contributed by atoms with E-state index >= 15 is 0 Å². The molecule has 15 nitrogen and oxygen atoms in total. The molecule has 1 fully saturated rings. The van der Waals surface area contributed by atoms with Gasteiger partial charge in [0, 0.05) is 51.5 Å². The van der Waals surface area contributed by atoms with Crippen molar-refractivity contribution >= 4 is 41.1 Å². The number of thiazole rings is 1. The molecule has 0 bridgehead atoms. The van der Waals surface area contributed by atoms with Crippen molar-refractivity contribution in [2.75, 3.05) is 48.0 Å². The van der Waals surface area contributed by atoms with Gasteiger partial charge in [-0.25, -0.2) is 9.78 Å². The zero-order valence-corrected chi connectivity index (χ0v) is 41.8. The third kappa shape index (κ3) is 15.5. The highest BCUT2D eigenvalue weighted by Gasteiger charge is 2.43. The largest absolute Gasteiger partial charge is 0.448 e. The standard InChI is InChI=1S/C48H79N7O8S/c1-15-32(6)41(54(12)46(59)39(30(2)3)51-44(58)40(31(4)5)53(11)25-26-63-47(60)52-48(8,9)10)37(61-13)29-38(56)55-24-19-22-36(55)42(62-14)33(7)43(57)50-35(45-49-23-27-64-45)28-34-20-17-16-18-21-34/h16-18,20-21,23,27,30-33,35-37,39-42H,15,19,22,24-26,28-29H2,1-14H3,(H,50,57)(H,51,58)(H,52,60)/t32-,33+,35-,36-,37+,39-,40-,41-,42+/m0/s1. The Kier molecular flexibility index (Phi) is 21.6. The Balaban J connectivity index is 1.76. The average molecular weight is 914 g/mol. The van der Waals surface area contributed by atoms with Crippen LogP contribution < -0.4 is 16.0 Å². The maximum absolute atomic E-state index is 14.6. The van der Waals surface area contributed by atoms with Gasteiger partial charge in [-0.2, -0.15) is 0 Å². The molecule has 1 aromatic heterocycles.